The molecule has 1 fully saturated rings. The van der Waals surface area contributed by atoms with Crippen LogP contribution in [-0.2, 0) is 23.9 Å². The highest BCUT2D eigenvalue weighted by Gasteiger charge is 2.18. The lowest BCUT2D eigenvalue weighted by atomic mass is 10.4. The molecule has 1 N–H and O–H groups in total. The van der Waals surface area contributed by atoms with E-state index in [1.54, 1.807) is 0 Å². The fourth-order valence-electron chi connectivity index (χ4n) is 1.23. The van der Waals surface area contributed by atoms with E-state index >= 15 is 0 Å². The predicted molar refractivity (Wildman–Crippen MR) is 55.1 cm³/mol. The second kappa shape index (κ2) is 6.64. The third-order valence-electron chi connectivity index (χ3n) is 2.05. The van der Waals surface area contributed by atoms with Crippen LogP contribution in [0.3, 0.4) is 0 Å². The predicted octanol–water partition coefficient (Wildman–Crippen LogP) is -0.971. The summed E-state index contributed by atoms with van der Waals surface area (Å²) in [5.41, 5.74) is 0. The van der Waals surface area contributed by atoms with Crippen molar-refractivity contribution in [1.82, 2.24) is 4.90 Å². The molecule has 1 heterocycles. The van der Waals surface area contributed by atoms with Gasteiger partial charge in [-0.25, -0.2) is 9.59 Å². The second-order valence-corrected chi connectivity index (χ2v) is 3.27. The fourth-order valence-corrected chi connectivity index (χ4v) is 1.23. The van der Waals surface area contributed by atoms with Gasteiger partial charge < -0.3 is 19.5 Å². The van der Waals surface area contributed by atoms with Crippen LogP contribution in [0.2, 0.25) is 0 Å². The molecular weight excluding hydrogens is 230 g/mol. The van der Waals surface area contributed by atoms with Crippen molar-refractivity contribution in [1.29, 1.82) is 0 Å². The normalized spacial score (nSPS) is 16.2. The molecule has 0 unspecified atom stereocenters. The summed E-state index contributed by atoms with van der Waals surface area (Å²) in [6.07, 6.45) is 1.52. The number of carboxylic acid groups (broad SMARTS) is 1. The zero-order valence-corrected chi connectivity index (χ0v) is 9.13. The van der Waals surface area contributed by atoms with E-state index in [4.69, 9.17) is 14.6 Å². The molecule has 0 aliphatic carbocycles. The van der Waals surface area contributed by atoms with E-state index in [1.807, 2.05) is 0 Å². The Kier molecular flexibility index (Phi) is 5.15. The Labute approximate surface area is 97.6 Å². The Hall–Kier alpha value is -1.89. The summed E-state index contributed by atoms with van der Waals surface area (Å²) in [6.45, 7) is 1.32. The lowest BCUT2D eigenvalue weighted by Gasteiger charge is -2.26. The minimum atomic E-state index is -1.22. The third-order valence-corrected chi connectivity index (χ3v) is 2.05. The Morgan fingerprint density at radius 3 is 2.88 bits per heavy atom. The minimum absolute atomic E-state index is 0.0362. The highest BCUT2D eigenvalue weighted by molar-refractivity contribution is 5.90. The van der Waals surface area contributed by atoms with E-state index < -0.39 is 11.9 Å². The minimum Gasteiger partial charge on any atom is -0.478 e. The van der Waals surface area contributed by atoms with Gasteiger partial charge in [0.1, 0.15) is 13.2 Å². The first-order valence-electron chi connectivity index (χ1n) is 5.03. The van der Waals surface area contributed by atoms with Crippen LogP contribution in [0.15, 0.2) is 12.2 Å². The molecular formula is C10H13NO6. The fraction of sp³-hybridized carbons (Fsp3) is 0.500. The van der Waals surface area contributed by atoms with Gasteiger partial charge in [0.2, 0.25) is 5.91 Å². The molecule has 7 heteroatoms. The summed E-state index contributed by atoms with van der Waals surface area (Å²) in [7, 11) is 0. The molecule has 1 amide bonds. The van der Waals surface area contributed by atoms with Gasteiger partial charge in [-0.2, -0.15) is 0 Å². The number of morpholine rings is 1. The van der Waals surface area contributed by atoms with E-state index in [-0.39, 0.29) is 25.7 Å². The van der Waals surface area contributed by atoms with Crippen LogP contribution in [0.4, 0.5) is 0 Å². The van der Waals surface area contributed by atoms with Crippen LogP contribution >= 0.6 is 0 Å². The number of esters is 1. The summed E-state index contributed by atoms with van der Waals surface area (Å²) in [4.78, 5) is 33.9. The smallest absolute Gasteiger partial charge is 0.331 e. The molecule has 7 nitrogen and oxygen atoms in total. The van der Waals surface area contributed by atoms with Crippen molar-refractivity contribution in [3.8, 4) is 0 Å². The van der Waals surface area contributed by atoms with Gasteiger partial charge in [-0.05, 0) is 0 Å². The van der Waals surface area contributed by atoms with Gasteiger partial charge in [0.15, 0.2) is 0 Å². The van der Waals surface area contributed by atoms with Crippen molar-refractivity contribution >= 4 is 17.8 Å². The zero-order valence-electron chi connectivity index (χ0n) is 9.13. The quantitative estimate of drug-likeness (QED) is 0.493. The number of carbonyl (C=O) groups excluding carboxylic acids is 2. The summed E-state index contributed by atoms with van der Waals surface area (Å²) < 4.78 is 9.65. The number of aliphatic carboxylic acids is 1. The molecule has 0 aromatic carbocycles. The summed E-state index contributed by atoms with van der Waals surface area (Å²) >= 11 is 0. The second-order valence-electron chi connectivity index (χ2n) is 3.27. The molecule has 1 rings (SSSR count). The van der Waals surface area contributed by atoms with Gasteiger partial charge in [0.05, 0.1) is 13.2 Å². The average Bonchev–Trinajstić information content (AvgIpc) is 2.29. The van der Waals surface area contributed by atoms with E-state index in [1.165, 1.54) is 4.90 Å². The molecule has 0 aromatic heterocycles. The highest BCUT2D eigenvalue weighted by Crippen LogP contribution is 1.98. The Bertz CT molecular complexity index is 338. The topological polar surface area (TPSA) is 93.1 Å². The van der Waals surface area contributed by atoms with Crippen molar-refractivity contribution in [3.05, 3.63) is 12.2 Å². The Morgan fingerprint density at radius 2 is 2.24 bits per heavy atom. The Balaban J connectivity index is 2.20. The van der Waals surface area contributed by atoms with Crippen molar-refractivity contribution < 1.29 is 29.0 Å². The van der Waals surface area contributed by atoms with Crippen molar-refractivity contribution in [3.63, 3.8) is 0 Å². The van der Waals surface area contributed by atoms with Gasteiger partial charge >= 0.3 is 11.9 Å². The maximum absolute atomic E-state index is 11.3. The number of nitrogens with zero attached hydrogens (tertiary/aromatic N) is 1. The molecule has 0 atom stereocenters. The number of ether oxygens (including phenoxy) is 2. The van der Waals surface area contributed by atoms with Gasteiger partial charge in [0, 0.05) is 18.7 Å². The maximum atomic E-state index is 11.3. The molecule has 0 radical (unpaired) electrons. The SMILES string of the molecule is O=C(O)/C=C/C(=O)OCCN1CCOCC1=O. The number of carboxylic acids is 1. The van der Waals surface area contributed by atoms with Crippen LogP contribution < -0.4 is 0 Å². The number of amides is 1. The van der Waals surface area contributed by atoms with Crippen LogP contribution in [0.25, 0.3) is 0 Å². The van der Waals surface area contributed by atoms with Crippen LogP contribution in [0.1, 0.15) is 0 Å². The van der Waals surface area contributed by atoms with Crippen molar-refractivity contribution in [2.24, 2.45) is 0 Å². The molecule has 1 saturated heterocycles. The van der Waals surface area contributed by atoms with Crippen LogP contribution in [0.5, 0.6) is 0 Å². The van der Waals surface area contributed by atoms with E-state index in [0.717, 1.165) is 6.08 Å². The lowest BCUT2D eigenvalue weighted by Crippen LogP contribution is -2.43. The lowest BCUT2D eigenvalue weighted by molar-refractivity contribution is -0.147. The highest BCUT2D eigenvalue weighted by atomic mass is 16.5. The molecule has 17 heavy (non-hydrogen) atoms. The van der Waals surface area contributed by atoms with Crippen molar-refractivity contribution in [2.75, 3.05) is 32.9 Å². The summed E-state index contributed by atoms with van der Waals surface area (Å²) in [5.74, 6) is -2.10. The zero-order chi connectivity index (χ0) is 12.7. The summed E-state index contributed by atoms with van der Waals surface area (Å²) in [5, 5.41) is 8.27. The first kappa shape index (κ1) is 13.2. The van der Waals surface area contributed by atoms with Gasteiger partial charge in [0.25, 0.3) is 0 Å². The molecule has 0 saturated carbocycles. The maximum Gasteiger partial charge on any atom is 0.331 e. The Morgan fingerprint density at radius 1 is 1.47 bits per heavy atom. The molecule has 1 aliphatic rings. The average molecular weight is 243 g/mol. The molecule has 0 aromatic rings. The van der Waals surface area contributed by atoms with Gasteiger partial charge in [-0.3, -0.25) is 4.79 Å². The number of hydrogen-bond acceptors (Lipinski definition) is 5. The standard InChI is InChI=1S/C10H13NO6/c12-8-7-16-5-3-11(8)4-6-17-10(15)2-1-9(13)14/h1-2H,3-7H2,(H,13,14)/b2-1+. The van der Waals surface area contributed by atoms with E-state index in [0.29, 0.717) is 19.2 Å². The first-order valence-corrected chi connectivity index (χ1v) is 5.03. The molecule has 94 valence electrons. The number of hydrogen-bond donors (Lipinski definition) is 1. The van der Waals surface area contributed by atoms with Gasteiger partial charge in [-0.1, -0.05) is 0 Å². The molecule has 0 bridgehead atoms. The summed E-state index contributed by atoms with van der Waals surface area (Å²) in [6, 6.07) is 0. The van der Waals surface area contributed by atoms with E-state index in [9.17, 15) is 14.4 Å². The van der Waals surface area contributed by atoms with Crippen LogP contribution in [0, 0.1) is 0 Å². The first-order chi connectivity index (χ1) is 8.09. The van der Waals surface area contributed by atoms with E-state index in [2.05, 4.69) is 0 Å². The molecule has 0 spiro atoms. The largest absolute Gasteiger partial charge is 0.478 e. The van der Waals surface area contributed by atoms with Crippen LogP contribution in [-0.4, -0.2) is 60.8 Å². The third kappa shape index (κ3) is 5.12. The molecule has 1 aliphatic heterocycles. The van der Waals surface area contributed by atoms with Gasteiger partial charge in [-0.15, -0.1) is 0 Å². The number of rotatable bonds is 5. The number of carbonyl (C=O) groups is 3. The van der Waals surface area contributed by atoms with Crippen molar-refractivity contribution in [2.45, 2.75) is 0 Å². The monoisotopic (exact) mass is 243 g/mol.